The maximum Gasteiger partial charge on any atom is 0.250 e. The lowest BCUT2D eigenvalue weighted by Crippen LogP contribution is -2.47. The van der Waals surface area contributed by atoms with Gasteiger partial charge in [-0.15, -0.1) is 0 Å². The van der Waals surface area contributed by atoms with Gasteiger partial charge >= 0.3 is 0 Å². The highest BCUT2D eigenvalue weighted by molar-refractivity contribution is 5.77. The zero-order valence-corrected chi connectivity index (χ0v) is 17.7. The average Bonchev–Trinajstić information content (AvgIpc) is 3.22. The third-order valence-electron chi connectivity index (χ3n) is 6.86. The first-order valence-electron chi connectivity index (χ1n) is 11.1. The normalized spacial score (nSPS) is 20.1. The SMILES string of the molecule is N#Cc1ccccc1-c1ccc(=O)n2c1[C@@H]1C[C@@H](CN(Cc3cc4ccccc4o3)C1)C2. The molecule has 0 N–H and O–H groups in total. The highest BCUT2D eigenvalue weighted by Gasteiger charge is 2.36. The lowest BCUT2D eigenvalue weighted by molar-refractivity contribution is 0.109. The van der Waals surface area contributed by atoms with Crippen molar-refractivity contribution < 1.29 is 4.42 Å². The van der Waals surface area contributed by atoms with Crippen molar-refractivity contribution in [1.29, 1.82) is 5.26 Å². The van der Waals surface area contributed by atoms with Crippen molar-refractivity contribution in [2.24, 2.45) is 5.92 Å². The summed E-state index contributed by atoms with van der Waals surface area (Å²) in [4.78, 5) is 15.2. The summed E-state index contributed by atoms with van der Waals surface area (Å²) in [5.41, 5.74) is 4.62. The minimum absolute atomic E-state index is 0.0543. The van der Waals surface area contributed by atoms with E-state index in [9.17, 15) is 10.1 Å². The quantitative estimate of drug-likeness (QED) is 0.479. The summed E-state index contributed by atoms with van der Waals surface area (Å²) in [6, 6.07) is 23.8. The Morgan fingerprint density at radius 2 is 1.81 bits per heavy atom. The van der Waals surface area contributed by atoms with Crippen molar-refractivity contribution >= 4 is 11.0 Å². The molecule has 2 aliphatic rings. The Balaban J connectivity index is 1.37. The standard InChI is InChI=1S/C27H23N3O2/c28-13-20-6-1-3-7-23(20)24-9-10-26(31)30-15-18-11-21(27(24)30)16-29(14-18)17-22-12-19-5-2-4-8-25(19)32-22/h1-10,12,18,21H,11,14-17H2/t18-,21+/m0/s1. The Labute approximate surface area is 186 Å². The number of furan rings is 1. The lowest BCUT2D eigenvalue weighted by Gasteiger charge is -2.43. The number of para-hydroxylation sites is 1. The molecule has 2 bridgehead atoms. The van der Waals surface area contributed by atoms with Gasteiger partial charge in [0, 0.05) is 53.8 Å². The molecular weight excluding hydrogens is 398 g/mol. The van der Waals surface area contributed by atoms with Crippen LogP contribution < -0.4 is 5.56 Å². The fourth-order valence-corrected chi connectivity index (χ4v) is 5.62. The highest BCUT2D eigenvalue weighted by atomic mass is 16.3. The summed E-state index contributed by atoms with van der Waals surface area (Å²) in [5, 5.41) is 10.8. The van der Waals surface area contributed by atoms with Crippen LogP contribution in [0.4, 0.5) is 0 Å². The molecule has 0 radical (unpaired) electrons. The summed E-state index contributed by atoms with van der Waals surface area (Å²) in [7, 11) is 0. The van der Waals surface area contributed by atoms with Gasteiger partial charge in [0.25, 0.3) is 5.56 Å². The number of pyridine rings is 1. The average molecular weight is 422 g/mol. The van der Waals surface area contributed by atoms with Crippen LogP contribution in [0.5, 0.6) is 0 Å². The van der Waals surface area contributed by atoms with E-state index in [-0.39, 0.29) is 11.5 Å². The molecule has 5 nitrogen and oxygen atoms in total. The van der Waals surface area contributed by atoms with E-state index in [1.54, 1.807) is 6.07 Å². The first-order chi connectivity index (χ1) is 15.7. The number of hydrogen-bond acceptors (Lipinski definition) is 4. The van der Waals surface area contributed by atoms with Crippen LogP contribution in [-0.4, -0.2) is 22.6 Å². The number of nitrogens with zero attached hydrogens (tertiary/aromatic N) is 3. The van der Waals surface area contributed by atoms with Crippen molar-refractivity contribution in [2.45, 2.75) is 25.4 Å². The van der Waals surface area contributed by atoms with E-state index in [2.05, 4.69) is 23.1 Å². The molecule has 0 spiro atoms. The molecule has 1 saturated heterocycles. The smallest absolute Gasteiger partial charge is 0.250 e. The molecule has 6 rings (SSSR count). The maximum absolute atomic E-state index is 12.8. The Morgan fingerprint density at radius 3 is 2.69 bits per heavy atom. The second-order valence-corrected chi connectivity index (χ2v) is 8.98. The first kappa shape index (κ1) is 19.1. The minimum atomic E-state index is 0.0543. The molecule has 0 aliphatic carbocycles. The third-order valence-corrected chi connectivity index (χ3v) is 6.86. The number of likely N-dealkylation sites (tertiary alicyclic amines) is 1. The number of piperidine rings is 1. The number of benzene rings is 2. The van der Waals surface area contributed by atoms with Crippen LogP contribution in [0.3, 0.4) is 0 Å². The molecule has 0 amide bonds. The van der Waals surface area contributed by atoms with Gasteiger partial charge in [-0.05, 0) is 36.6 Å². The number of fused-ring (bicyclic) bond motifs is 5. The molecule has 5 heteroatoms. The highest BCUT2D eigenvalue weighted by Crippen LogP contribution is 2.41. The number of aromatic nitrogens is 1. The lowest BCUT2D eigenvalue weighted by atomic mass is 9.80. The fraction of sp³-hybridized carbons (Fsp3) is 0.259. The van der Waals surface area contributed by atoms with Crippen LogP contribution in [0, 0.1) is 17.2 Å². The topological polar surface area (TPSA) is 62.2 Å². The number of nitriles is 1. The molecule has 2 aliphatic heterocycles. The monoisotopic (exact) mass is 421 g/mol. The van der Waals surface area contributed by atoms with Crippen LogP contribution in [-0.2, 0) is 13.1 Å². The van der Waals surface area contributed by atoms with Gasteiger partial charge in [0.2, 0.25) is 0 Å². The number of hydrogen-bond donors (Lipinski definition) is 0. The van der Waals surface area contributed by atoms with Crippen molar-refractivity contribution in [1.82, 2.24) is 9.47 Å². The Morgan fingerprint density at radius 1 is 0.969 bits per heavy atom. The van der Waals surface area contributed by atoms with Gasteiger partial charge in [-0.3, -0.25) is 9.69 Å². The second-order valence-electron chi connectivity index (χ2n) is 8.98. The van der Waals surface area contributed by atoms with Crippen molar-refractivity contribution in [2.75, 3.05) is 13.1 Å². The zero-order chi connectivity index (χ0) is 21.7. The van der Waals surface area contributed by atoms with Gasteiger partial charge in [0.1, 0.15) is 11.3 Å². The molecule has 4 heterocycles. The predicted molar refractivity (Wildman–Crippen MR) is 123 cm³/mol. The molecule has 158 valence electrons. The van der Waals surface area contributed by atoms with Gasteiger partial charge in [-0.2, -0.15) is 5.26 Å². The van der Waals surface area contributed by atoms with Crippen molar-refractivity contribution in [3.05, 3.63) is 94.1 Å². The molecule has 0 unspecified atom stereocenters. The number of rotatable bonds is 3. The van der Waals surface area contributed by atoms with E-state index in [4.69, 9.17) is 4.42 Å². The van der Waals surface area contributed by atoms with Crippen LogP contribution >= 0.6 is 0 Å². The van der Waals surface area contributed by atoms with E-state index in [1.165, 1.54) is 0 Å². The van der Waals surface area contributed by atoms with Crippen LogP contribution in [0.1, 0.15) is 29.4 Å². The van der Waals surface area contributed by atoms with Crippen LogP contribution in [0.2, 0.25) is 0 Å². The molecule has 32 heavy (non-hydrogen) atoms. The van der Waals surface area contributed by atoms with E-state index in [0.717, 1.165) is 66.2 Å². The first-order valence-corrected chi connectivity index (χ1v) is 11.1. The van der Waals surface area contributed by atoms with Gasteiger partial charge in [0.05, 0.1) is 18.2 Å². The summed E-state index contributed by atoms with van der Waals surface area (Å²) < 4.78 is 8.03. The molecular formula is C27H23N3O2. The summed E-state index contributed by atoms with van der Waals surface area (Å²) in [6.07, 6.45) is 1.07. The second kappa shape index (κ2) is 7.51. The fourth-order valence-electron chi connectivity index (χ4n) is 5.62. The van der Waals surface area contributed by atoms with Gasteiger partial charge in [-0.25, -0.2) is 0 Å². The summed E-state index contributed by atoms with van der Waals surface area (Å²) >= 11 is 0. The Bertz CT molecular complexity index is 1390. The molecule has 1 fully saturated rings. The zero-order valence-electron chi connectivity index (χ0n) is 17.7. The van der Waals surface area contributed by atoms with Gasteiger partial charge < -0.3 is 8.98 Å². The Hall–Kier alpha value is -3.62. The summed E-state index contributed by atoms with van der Waals surface area (Å²) in [6.45, 7) is 3.32. The van der Waals surface area contributed by atoms with Gasteiger partial charge in [0.15, 0.2) is 0 Å². The molecule has 2 aromatic carbocycles. The van der Waals surface area contributed by atoms with E-state index < -0.39 is 0 Å². The molecule has 0 saturated carbocycles. The van der Waals surface area contributed by atoms with Gasteiger partial charge in [-0.1, -0.05) is 36.4 Å². The summed E-state index contributed by atoms with van der Waals surface area (Å²) in [5.74, 6) is 1.67. The Kier molecular flexibility index (Phi) is 4.48. The van der Waals surface area contributed by atoms with Crippen molar-refractivity contribution in [3.8, 4) is 17.2 Å². The van der Waals surface area contributed by atoms with Crippen molar-refractivity contribution in [3.63, 3.8) is 0 Å². The van der Waals surface area contributed by atoms with E-state index in [0.29, 0.717) is 11.5 Å². The van der Waals surface area contributed by atoms with Crippen LogP contribution in [0.25, 0.3) is 22.1 Å². The molecule has 2 atom stereocenters. The van der Waals surface area contributed by atoms with Crippen LogP contribution in [0.15, 0.2) is 75.9 Å². The van der Waals surface area contributed by atoms with E-state index in [1.807, 2.05) is 53.1 Å². The molecule has 2 aromatic heterocycles. The predicted octanol–water partition coefficient (Wildman–Crippen LogP) is 4.75. The largest absolute Gasteiger partial charge is 0.460 e. The van der Waals surface area contributed by atoms with E-state index >= 15 is 0 Å². The third kappa shape index (κ3) is 3.16. The minimum Gasteiger partial charge on any atom is -0.460 e. The molecule has 4 aromatic rings. The maximum atomic E-state index is 12.8.